The molecule has 124 valence electrons. The van der Waals surface area contributed by atoms with Crippen LogP contribution in [-0.2, 0) is 11.2 Å². The van der Waals surface area contributed by atoms with Gasteiger partial charge in [0.05, 0.1) is 22.7 Å². The summed E-state index contributed by atoms with van der Waals surface area (Å²) in [5.74, 6) is -0.218. The smallest absolute Gasteiger partial charge is 0.309 e. The van der Waals surface area contributed by atoms with Gasteiger partial charge in [-0.3, -0.25) is 4.79 Å². The van der Waals surface area contributed by atoms with E-state index in [9.17, 15) is 9.90 Å². The van der Waals surface area contributed by atoms with Gasteiger partial charge < -0.3 is 10.1 Å². The molecule has 25 heavy (non-hydrogen) atoms. The lowest BCUT2D eigenvalue weighted by Gasteiger charge is -2.00. The number of H-pyrrole nitrogens is 1. The van der Waals surface area contributed by atoms with Crippen LogP contribution in [0.15, 0.2) is 54.6 Å². The molecule has 0 saturated carbocycles. The number of imidazole rings is 1. The Labute approximate surface area is 152 Å². The average Bonchev–Trinajstić information content (AvgIpc) is 3.19. The number of carboxylic acid groups (broad SMARTS) is 1. The number of halogens is 1. The molecule has 0 fully saturated rings. The Morgan fingerprint density at radius 3 is 2.64 bits per heavy atom. The summed E-state index contributed by atoms with van der Waals surface area (Å²) in [5.41, 5.74) is 2.07. The molecule has 4 rings (SSSR count). The minimum atomic E-state index is -0.901. The third-order valence-corrected chi connectivity index (χ3v) is 5.26. The van der Waals surface area contributed by atoms with E-state index in [4.69, 9.17) is 11.6 Å². The molecular weight excluding hydrogens is 356 g/mol. The second-order valence-electron chi connectivity index (χ2n) is 5.64. The van der Waals surface area contributed by atoms with Crippen molar-refractivity contribution in [2.75, 3.05) is 0 Å². The summed E-state index contributed by atoms with van der Waals surface area (Å²) in [6.45, 7) is 0. The molecule has 0 aliphatic rings. The fourth-order valence-corrected chi connectivity index (χ4v) is 3.88. The molecule has 0 aliphatic heterocycles. The Morgan fingerprint density at radius 2 is 1.92 bits per heavy atom. The van der Waals surface area contributed by atoms with Crippen molar-refractivity contribution in [2.24, 2.45) is 0 Å². The lowest BCUT2D eigenvalue weighted by Crippen LogP contribution is -2.01. The van der Waals surface area contributed by atoms with E-state index >= 15 is 0 Å². The second-order valence-corrected chi connectivity index (χ2v) is 7.16. The molecule has 0 bridgehead atoms. The maximum absolute atomic E-state index is 11.2. The number of aliphatic carboxylic acids is 1. The van der Waals surface area contributed by atoms with Crippen molar-refractivity contribution in [1.82, 2.24) is 9.97 Å². The molecule has 0 unspecified atom stereocenters. The summed E-state index contributed by atoms with van der Waals surface area (Å²) < 4.78 is 1.17. The van der Waals surface area contributed by atoms with Crippen molar-refractivity contribution < 1.29 is 9.90 Å². The van der Waals surface area contributed by atoms with Gasteiger partial charge in [0.25, 0.3) is 0 Å². The Bertz CT molecular complexity index is 1030. The van der Waals surface area contributed by atoms with Gasteiger partial charge in [-0.1, -0.05) is 41.9 Å². The van der Waals surface area contributed by atoms with Crippen LogP contribution in [0.2, 0.25) is 5.02 Å². The number of nitrogens with one attached hydrogen (secondary N) is 1. The van der Waals surface area contributed by atoms with Crippen molar-refractivity contribution in [3.05, 3.63) is 65.3 Å². The Hall–Kier alpha value is -2.63. The van der Waals surface area contributed by atoms with Crippen molar-refractivity contribution in [1.29, 1.82) is 0 Å². The van der Waals surface area contributed by atoms with Crippen molar-refractivity contribution in [3.8, 4) is 22.0 Å². The first kappa shape index (κ1) is 15.9. The molecule has 0 radical (unpaired) electrons. The van der Waals surface area contributed by atoms with E-state index in [0.717, 1.165) is 15.8 Å². The molecule has 2 heterocycles. The number of carboxylic acids is 1. The molecular formula is C19H13ClN2O2S. The van der Waals surface area contributed by atoms with Crippen LogP contribution in [0.3, 0.4) is 0 Å². The van der Waals surface area contributed by atoms with Gasteiger partial charge in [-0.05, 0) is 29.7 Å². The zero-order valence-corrected chi connectivity index (χ0v) is 14.6. The highest BCUT2D eigenvalue weighted by molar-refractivity contribution is 7.22. The summed E-state index contributed by atoms with van der Waals surface area (Å²) >= 11 is 7.58. The molecule has 2 N–H and O–H groups in total. The molecule has 0 spiro atoms. The molecule has 2 aromatic heterocycles. The van der Waals surface area contributed by atoms with E-state index in [1.165, 1.54) is 4.70 Å². The predicted octanol–water partition coefficient (Wildman–Crippen LogP) is 5.24. The van der Waals surface area contributed by atoms with Gasteiger partial charge in [0.1, 0.15) is 5.82 Å². The Kier molecular flexibility index (Phi) is 4.03. The molecule has 4 nitrogen and oxygen atoms in total. The summed E-state index contributed by atoms with van der Waals surface area (Å²) in [6, 6.07) is 17.4. The Morgan fingerprint density at radius 1 is 1.16 bits per heavy atom. The highest BCUT2D eigenvalue weighted by Gasteiger charge is 2.17. The molecule has 0 aliphatic carbocycles. The van der Waals surface area contributed by atoms with E-state index in [0.29, 0.717) is 22.2 Å². The van der Waals surface area contributed by atoms with Crippen molar-refractivity contribution in [3.63, 3.8) is 0 Å². The normalized spacial score (nSPS) is 11.1. The summed E-state index contributed by atoms with van der Waals surface area (Å²) in [4.78, 5) is 20.1. The van der Waals surface area contributed by atoms with E-state index in [2.05, 4.69) is 28.2 Å². The van der Waals surface area contributed by atoms with Crippen LogP contribution in [-0.4, -0.2) is 21.0 Å². The number of carbonyl (C=O) groups is 1. The molecule has 6 heteroatoms. The number of aromatic nitrogens is 2. The van der Waals surface area contributed by atoms with Crippen LogP contribution >= 0.6 is 22.9 Å². The number of aromatic amines is 1. The van der Waals surface area contributed by atoms with Crippen LogP contribution < -0.4 is 0 Å². The van der Waals surface area contributed by atoms with Crippen LogP contribution in [0.1, 0.15) is 5.69 Å². The van der Waals surface area contributed by atoms with Crippen molar-refractivity contribution in [2.45, 2.75) is 6.42 Å². The predicted molar refractivity (Wildman–Crippen MR) is 101 cm³/mol. The summed E-state index contributed by atoms with van der Waals surface area (Å²) in [6.07, 6.45) is -0.115. The lowest BCUT2D eigenvalue weighted by atomic mass is 10.1. The van der Waals surface area contributed by atoms with Crippen molar-refractivity contribution >= 4 is 39.0 Å². The maximum Gasteiger partial charge on any atom is 0.309 e. The molecule has 0 atom stereocenters. The number of rotatable bonds is 4. The van der Waals surface area contributed by atoms with Gasteiger partial charge in [0.2, 0.25) is 0 Å². The SMILES string of the molecule is O=C(O)Cc1[nH]c(-c2cc3ccccc3s2)nc1-c1ccc(Cl)cc1. The number of fused-ring (bicyclic) bond motifs is 1. The first-order valence-electron chi connectivity index (χ1n) is 7.66. The number of hydrogen-bond acceptors (Lipinski definition) is 3. The minimum Gasteiger partial charge on any atom is -0.481 e. The van der Waals surface area contributed by atoms with E-state index in [1.54, 1.807) is 23.5 Å². The van der Waals surface area contributed by atoms with E-state index in [1.807, 2.05) is 24.3 Å². The minimum absolute atomic E-state index is 0.115. The van der Waals surface area contributed by atoms with E-state index < -0.39 is 5.97 Å². The number of hydrogen-bond donors (Lipinski definition) is 2. The molecule has 4 aromatic rings. The number of benzene rings is 2. The largest absolute Gasteiger partial charge is 0.481 e. The van der Waals surface area contributed by atoms with Gasteiger partial charge in [-0.15, -0.1) is 11.3 Å². The van der Waals surface area contributed by atoms with Gasteiger partial charge >= 0.3 is 5.97 Å². The summed E-state index contributed by atoms with van der Waals surface area (Å²) in [7, 11) is 0. The topological polar surface area (TPSA) is 66.0 Å². The zero-order chi connectivity index (χ0) is 17.4. The summed E-state index contributed by atoms with van der Waals surface area (Å²) in [5, 5.41) is 11.0. The Balaban J connectivity index is 1.83. The van der Waals surface area contributed by atoms with Gasteiger partial charge in [-0.2, -0.15) is 0 Å². The zero-order valence-electron chi connectivity index (χ0n) is 13.0. The second kappa shape index (κ2) is 6.35. The van der Waals surface area contributed by atoms with Gasteiger partial charge in [0.15, 0.2) is 0 Å². The van der Waals surface area contributed by atoms with Gasteiger partial charge in [-0.25, -0.2) is 4.98 Å². The molecule has 0 saturated heterocycles. The standard InChI is InChI=1S/C19H13ClN2O2S/c20-13-7-5-11(6-8-13)18-14(10-17(23)24)21-19(22-18)16-9-12-3-1-2-4-15(12)25-16/h1-9H,10H2,(H,21,22)(H,23,24). The highest BCUT2D eigenvalue weighted by Crippen LogP contribution is 2.34. The molecule has 0 amide bonds. The average molecular weight is 369 g/mol. The van der Waals surface area contributed by atoms with Crippen LogP contribution in [0.4, 0.5) is 0 Å². The van der Waals surface area contributed by atoms with Gasteiger partial charge in [0, 0.05) is 15.3 Å². The van der Waals surface area contributed by atoms with Crippen LogP contribution in [0, 0.1) is 0 Å². The van der Waals surface area contributed by atoms with E-state index in [-0.39, 0.29) is 6.42 Å². The quantitative estimate of drug-likeness (QED) is 0.517. The monoisotopic (exact) mass is 368 g/mol. The third kappa shape index (κ3) is 3.16. The fraction of sp³-hybridized carbons (Fsp3) is 0.0526. The number of nitrogens with zero attached hydrogens (tertiary/aromatic N) is 1. The third-order valence-electron chi connectivity index (χ3n) is 3.88. The maximum atomic E-state index is 11.2. The molecule has 2 aromatic carbocycles. The first-order valence-corrected chi connectivity index (χ1v) is 8.85. The highest BCUT2D eigenvalue weighted by atomic mass is 35.5. The van der Waals surface area contributed by atoms with Crippen LogP contribution in [0.5, 0.6) is 0 Å². The lowest BCUT2D eigenvalue weighted by molar-refractivity contribution is -0.136. The number of thiophene rings is 1. The fourth-order valence-electron chi connectivity index (χ4n) is 2.75. The first-order chi connectivity index (χ1) is 12.1. The van der Waals surface area contributed by atoms with Crippen LogP contribution in [0.25, 0.3) is 32.0 Å².